The number of fused-ring (bicyclic) bond motifs is 1. The Morgan fingerprint density at radius 3 is 3.18 bits per heavy atom. The molecule has 0 amide bonds. The second-order valence-electron chi connectivity index (χ2n) is 3.76. The number of hydrogen-bond donors (Lipinski definition) is 2. The van der Waals surface area contributed by atoms with Crippen molar-refractivity contribution in [3.8, 4) is 0 Å². The first kappa shape index (κ1) is 10.7. The molecule has 0 atom stereocenters. The Kier molecular flexibility index (Phi) is 2.60. The van der Waals surface area contributed by atoms with Gasteiger partial charge in [0.15, 0.2) is 10.9 Å². The van der Waals surface area contributed by atoms with E-state index in [0.717, 1.165) is 23.7 Å². The first-order valence-corrected chi connectivity index (χ1v) is 6.42. The lowest BCUT2D eigenvalue weighted by atomic mass is 10.4. The van der Waals surface area contributed by atoms with Crippen molar-refractivity contribution in [3.63, 3.8) is 0 Å². The highest BCUT2D eigenvalue weighted by molar-refractivity contribution is 7.15. The number of hydrogen-bond acceptors (Lipinski definition) is 5. The predicted octanol–water partition coefficient (Wildman–Crippen LogP) is 2.11. The Morgan fingerprint density at radius 2 is 2.35 bits per heavy atom. The molecule has 7 heteroatoms. The molecule has 0 aliphatic heterocycles. The summed E-state index contributed by atoms with van der Waals surface area (Å²) in [5.74, 6) is 0.350. The number of nitrogens with zero attached hydrogens (tertiary/aromatic N) is 2. The van der Waals surface area contributed by atoms with Crippen molar-refractivity contribution in [3.05, 3.63) is 32.3 Å². The highest BCUT2D eigenvalue weighted by Crippen LogP contribution is 2.32. The number of halogens is 1. The van der Waals surface area contributed by atoms with Crippen LogP contribution in [-0.2, 0) is 12.8 Å². The molecule has 17 heavy (non-hydrogen) atoms. The predicted molar refractivity (Wildman–Crippen MR) is 67.3 cm³/mol. The van der Waals surface area contributed by atoms with Gasteiger partial charge in [-0.2, -0.15) is 0 Å². The summed E-state index contributed by atoms with van der Waals surface area (Å²) in [6, 6.07) is 0. The Balaban J connectivity index is 1.91. The molecule has 2 heterocycles. The van der Waals surface area contributed by atoms with Crippen LogP contribution in [0.2, 0.25) is 5.02 Å². The van der Waals surface area contributed by atoms with E-state index in [1.54, 1.807) is 11.3 Å². The van der Waals surface area contributed by atoms with Gasteiger partial charge in [0.05, 0.1) is 12.0 Å². The molecule has 0 unspecified atom stereocenters. The number of aromatic amines is 1. The van der Waals surface area contributed by atoms with Crippen LogP contribution in [0.4, 0.5) is 10.9 Å². The summed E-state index contributed by atoms with van der Waals surface area (Å²) in [5.41, 5.74) is 0.798. The lowest BCUT2D eigenvalue weighted by molar-refractivity contribution is 0.900. The minimum absolute atomic E-state index is 0.0582. The van der Waals surface area contributed by atoms with Crippen molar-refractivity contribution in [2.24, 2.45) is 0 Å². The molecule has 0 spiro atoms. The molecule has 0 aromatic carbocycles. The van der Waals surface area contributed by atoms with Gasteiger partial charge in [-0.25, -0.2) is 9.97 Å². The maximum absolute atomic E-state index is 11.3. The maximum atomic E-state index is 11.3. The number of rotatable bonds is 2. The topological polar surface area (TPSA) is 70.7 Å². The molecular weight excluding hydrogens is 260 g/mol. The fourth-order valence-corrected chi connectivity index (χ4v) is 3.01. The molecular formula is C10H9ClN4OS. The number of aromatic nitrogens is 3. The summed E-state index contributed by atoms with van der Waals surface area (Å²) in [6.45, 7) is 0. The van der Waals surface area contributed by atoms with Crippen LogP contribution < -0.4 is 10.9 Å². The summed E-state index contributed by atoms with van der Waals surface area (Å²) in [7, 11) is 0. The van der Waals surface area contributed by atoms with Gasteiger partial charge in [-0.15, -0.1) is 11.3 Å². The zero-order chi connectivity index (χ0) is 11.8. The second-order valence-corrected chi connectivity index (χ2v) is 5.22. The summed E-state index contributed by atoms with van der Waals surface area (Å²) < 4.78 is 0. The normalized spacial score (nSPS) is 13.7. The van der Waals surface area contributed by atoms with Gasteiger partial charge in [0.25, 0.3) is 5.56 Å². The van der Waals surface area contributed by atoms with Crippen LogP contribution in [0.5, 0.6) is 0 Å². The molecule has 1 aliphatic carbocycles. The molecule has 0 fully saturated rings. The average molecular weight is 269 g/mol. The number of thiazole rings is 1. The zero-order valence-corrected chi connectivity index (χ0v) is 10.4. The fraction of sp³-hybridized carbons (Fsp3) is 0.300. The minimum Gasteiger partial charge on any atom is -0.315 e. The number of H-pyrrole nitrogens is 1. The van der Waals surface area contributed by atoms with Crippen molar-refractivity contribution in [2.45, 2.75) is 19.3 Å². The quantitative estimate of drug-likeness (QED) is 0.875. The largest absolute Gasteiger partial charge is 0.315 e. The first-order chi connectivity index (χ1) is 8.24. The van der Waals surface area contributed by atoms with Crippen LogP contribution in [0.3, 0.4) is 0 Å². The monoisotopic (exact) mass is 268 g/mol. The Labute approximate surface area is 106 Å². The standard InChI is InChI=1S/C10H9ClN4OS/c11-7-8(12-4-13-9(7)16)15-10-14-5-2-1-3-6(5)17-10/h4H,1-3H2,(H2,12,13,14,15,16). The summed E-state index contributed by atoms with van der Waals surface area (Å²) in [4.78, 5) is 23.4. The minimum atomic E-state index is -0.353. The van der Waals surface area contributed by atoms with Crippen LogP contribution in [-0.4, -0.2) is 15.0 Å². The zero-order valence-electron chi connectivity index (χ0n) is 8.79. The van der Waals surface area contributed by atoms with Crippen LogP contribution >= 0.6 is 22.9 Å². The smallest absolute Gasteiger partial charge is 0.271 e. The molecule has 0 bridgehead atoms. The van der Waals surface area contributed by atoms with E-state index in [0.29, 0.717) is 5.82 Å². The van der Waals surface area contributed by atoms with E-state index in [-0.39, 0.29) is 10.6 Å². The van der Waals surface area contributed by atoms with Crippen LogP contribution in [0.25, 0.3) is 0 Å². The van der Waals surface area contributed by atoms with E-state index in [9.17, 15) is 4.79 Å². The lowest BCUT2D eigenvalue weighted by Gasteiger charge is -2.02. The van der Waals surface area contributed by atoms with Crippen molar-refractivity contribution in [1.29, 1.82) is 0 Å². The van der Waals surface area contributed by atoms with Crippen LogP contribution in [0.15, 0.2) is 11.1 Å². The number of anilines is 2. The van der Waals surface area contributed by atoms with Gasteiger partial charge in [-0.05, 0) is 19.3 Å². The maximum Gasteiger partial charge on any atom is 0.271 e. The van der Waals surface area contributed by atoms with E-state index in [2.05, 4.69) is 20.3 Å². The highest BCUT2D eigenvalue weighted by Gasteiger charge is 2.17. The van der Waals surface area contributed by atoms with E-state index in [1.807, 2.05) is 0 Å². The van der Waals surface area contributed by atoms with Gasteiger partial charge < -0.3 is 10.3 Å². The Bertz CT molecular complexity index is 600. The number of aryl methyl sites for hydroxylation is 2. The van der Waals surface area contributed by atoms with Gasteiger partial charge in [0.1, 0.15) is 5.02 Å². The molecule has 2 aromatic heterocycles. The highest BCUT2D eigenvalue weighted by atomic mass is 35.5. The summed E-state index contributed by atoms with van der Waals surface area (Å²) in [6.07, 6.45) is 4.62. The molecule has 0 saturated heterocycles. The molecule has 5 nitrogen and oxygen atoms in total. The summed E-state index contributed by atoms with van der Waals surface area (Å²) >= 11 is 7.44. The van der Waals surface area contributed by atoms with Crippen molar-refractivity contribution >= 4 is 33.9 Å². The van der Waals surface area contributed by atoms with Crippen LogP contribution in [0, 0.1) is 0 Å². The Morgan fingerprint density at radius 1 is 1.47 bits per heavy atom. The third kappa shape index (κ3) is 1.94. The summed E-state index contributed by atoms with van der Waals surface area (Å²) in [5, 5.41) is 3.79. The van der Waals surface area contributed by atoms with Gasteiger partial charge in [0.2, 0.25) is 0 Å². The molecule has 1 aliphatic rings. The number of nitrogens with one attached hydrogen (secondary N) is 2. The molecule has 0 saturated carbocycles. The SMILES string of the molecule is O=c1[nH]cnc(Nc2nc3c(s2)CCC3)c1Cl. The molecule has 3 rings (SSSR count). The van der Waals surface area contributed by atoms with E-state index in [1.165, 1.54) is 17.6 Å². The molecule has 2 N–H and O–H groups in total. The molecule has 0 radical (unpaired) electrons. The average Bonchev–Trinajstić information content (AvgIpc) is 2.85. The molecule has 2 aromatic rings. The van der Waals surface area contributed by atoms with Crippen molar-refractivity contribution in [1.82, 2.24) is 15.0 Å². The van der Waals surface area contributed by atoms with E-state index < -0.39 is 0 Å². The fourth-order valence-electron chi connectivity index (χ4n) is 1.82. The van der Waals surface area contributed by atoms with Crippen molar-refractivity contribution in [2.75, 3.05) is 5.32 Å². The Hall–Kier alpha value is -1.40. The third-order valence-electron chi connectivity index (χ3n) is 2.62. The second kappa shape index (κ2) is 4.12. The third-order valence-corrected chi connectivity index (χ3v) is 4.04. The van der Waals surface area contributed by atoms with Crippen molar-refractivity contribution < 1.29 is 0 Å². The van der Waals surface area contributed by atoms with E-state index >= 15 is 0 Å². The molecule has 88 valence electrons. The van der Waals surface area contributed by atoms with Gasteiger partial charge >= 0.3 is 0 Å². The van der Waals surface area contributed by atoms with Crippen LogP contribution in [0.1, 0.15) is 17.0 Å². The van der Waals surface area contributed by atoms with Gasteiger partial charge in [0, 0.05) is 4.88 Å². The van der Waals surface area contributed by atoms with E-state index in [4.69, 9.17) is 11.6 Å². The lowest BCUT2D eigenvalue weighted by Crippen LogP contribution is -2.09. The van der Waals surface area contributed by atoms with Gasteiger partial charge in [-0.1, -0.05) is 11.6 Å². The van der Waals surface area contributed by atoms with Gasteiger partial charge in [-0.3, -0.25) is 4.79 Å². The first-order valence-electron chi connectivity index (χ1n) is 5.23.